The molecule has 0 aliphatic rings. The molecule has 20 heavy (non-hydrogen) atoms. The summed E-state index contributed by atoms with van der Waals surface area (Å²) in [5, 5.41) is 3.86. The number of rotatable bonds is 5. The molecule has 0 unspecified atom stereocenters. The molecule has 0 atom stereocenters. The van der Waals surface area contributed by atoms with Gasteiger partial charge in [0, 0.05) is 5.56 Å². The molecule has 0 spiro atoms. The normalized spacial score (nSPS) is 10.3. The van der Waals surface area contributed by atoms with E-state index in [1.54, 1.807) is 6.07 Å². The zero-order valence-electron chi connectivity index (χ0n) is 11.6. The minimum atomic E-state index is 0.266. The van der Waals surface area contributed by atoms with E-state index in [1.807, 2.05) is 13.8 Å². The fourth-order valence-corrected chi connectivity index (χ4v) is 1.87. The maximum atomic E-state index is 10.8. The Balaban J connectivity index is 2.27. The summed E-state index contributed by atoms with van der Waals surface area (Å²) in [5.74, 6) is 1.52. The molecule has 2 aromatic rings. The highest BCUT2D eigenvalue weighted by Crippen LogP contribution is 2.35. The first-order valence-corrected chi connectivity index (χ1v) is 6.04. The lowest BCUT2D eigenvalue weighted by Gasteiger charge is -2.13. The van der Waals surface area contributed by atoms with Gasteiger partial charge in [0.1, 0.15) is 18.7 Å². The van der Waals surface area contributed by atoms with Crippen LogP contribution in [0.3, 0.4) is 0 Å². The number of carbonyl (C=O) groups excluding carboxylic acids is 1. The Labute approximate surface area is 116 Å². The van der Waals surface area contributed by atoms with Crippen molar-refractivity contribution >= 4 is 12.0 Å². The van der Waals surface area contributed by atoms with Gasteiger partial charge >= 0.3 is 0 Å². The minimum Gasteiger partial charge on any atom is -0.493 e. The molecule has 0 fully saturated rings. The summed E-state index contributed by atoms with van der Waals surface area (Å²) in [7, 11) is 1.49. The van der Waals surface area contributed by atoms with Crippen LogP contribution in [0.2, 0.25) is 0 Å². The number of methoxy groups -OCH3 is 1. The largest absolute Gasteiger partial charge is 0.493 e. The van der Waals surface area contributed by atoms with Gasteiger partial charge in [-0.3, -0.25) is 4.79 Å². The van der Waals surface area contributed by atoms with E-state index in [1.165, 1.54) is 13.2 Å². The molecule has 2 N–H and O–H groups in total. The van der Waals surface area contributed by atoms with Crippen molar-refractivity contribution in [2.75, 3.05) is 12.8 Å². The zero-order chi connectivity index (χ0) is 14.7. The second-order valence-corrected chi connectivity index (χ2v) is 4.35. The predicted octanol–water partition coefficient (Wildman–Crippen LogP) is 2.27. The van der Waals surface area contributed by atoms with Crippen molar-refractivity contribution in [2.45, 2.75) is 20.5 Å². The predicted molar refractivity (Wildman–Crippen MR) is 73.1 cm³/mol. The maximum absolute atomic E-state index is 10.8. The van der Waals surface area contributed by atoms with Gasteiger partial charge < -0.3 is 19.7 Å². The molecule has 0 saturated carbocycles. The Morgan fingerprint density at radius 3 is 2.70 bits per heavy atom. The van der Waals surface area contributed by atoms with Crippen LogP contribution in [0.5, 0.6) is 11.5 Å². The topological polar surface area (TPSA) is 87.6 Å². The van der Waals surface area contributed by atoms with Gasteiger partial charge in [0.2, 0.25) is 0 Å². The smallest absolute Gasteiger partial charge is 0.184 e. The summed E-state index contributed by atoms with van der Waals surface area (Å²) in [6, 6.07) is 3.12. The third kappa shape index (κ3) is 2.59. The number of aromatic nitrogens is 1. The highest BCUT2D eigenvalue weighted by Gasteiger charge is 2.14. The fraction of sp³-hybridized carbons (Fsp3) is 0.286. The van der Waals surface area contributed by atoms with Crippen LogP contribution in [-0.2, 0) is 6.61 Å². The van der Waals surface area contributed by atoms with Crippen LogP contribution >= 0.6 is 0 Å². The van der Waals surface area contributed by atoms with Gasteiger partial charge in [-0.15, -0.1) is 0 Å². The van der Waals surface area contributed by atoms with Gasteiger partial charge in [-0.2, -0.15) is 0 Å². The Kier molecular flexibility index (Phi) is 3.93. The van der Waals surface area contributed by atoms with Gasteiger partial charge in [0.05, 0.1) is 24.1 Å². The van der Waals surface area contributed by atoms with Crippen LogP contribution in [0.25, 0.3) is 0 Å². The molecule has 1 heterocycles. The van der Waals surface area contributed by atoms with Gasteiger partial charge in [-0.05, 0) is 26.0 Å². The number of aryl methyl sites for hydroxylation is 2. The van der Waals surface area contributed by atoms with Crippen molar-refractivity contribution in [1.29, 1.82) is 0 Å². The second kappa shape index (κ2) is 5.64. The number of ether oxygens (including phenoxy) is 2. The van der Waals surface area contributed by atoms with Crippen LogP contribution in [0, 0.1) is 13.8 Å². The van der Waals surface area contributed by atoms with Crippen molar-refractivity contribution in [3.8, 4) is 11.5 Å². The summed E-state index contributed by atoms with van der Waals surface area (Å²) in [6.45, 7) is 3.92. The minimum absolute atomic E-state index is 0.266. The lowest BCUT2D eigenvalue weighted by molar-refractivity contribution is 0.112. The van der Waals surface area contributed by atoms with Crippen LogP contribution < -0.4 is 15.2 Å². The molecule has 0 saturated heterocycles. The van der Waals surface area contributed by atoms with E-state index in [-0.39, 0.29) is 6.61 Å². The first kappa shape index (κ1) is 13.9. The fourth-order valence-electron chi connectivity index (χ4n) is 1.87. The van der Waals surface area contributed by atoms with E-state index in [0.29, 0.717) is 34.8 Å². The first-order chi connectivity index (χ1) is 9.56. The molecule has 6 nitrogen and oxygen atoms in total. The van der Waals surface area contributed by atoms with Gasteiger partial charge in [0.25, 0.3) is 0 Å². The molecule has 106 valence electrons. The average molecular weight is 276 g/mol. The lowest BCUT2D eigenvalue weighted by Crippen LogP contribution is -2.03. The molecule has 1 aromatic carbocycles. The molecule has 0 aliphatic carbocycles. The summed E-state index contributed by atoms with van der Waals surface area (Å²) >= 11 is 0. The molecule has 6 heteroatoms. The number of hydrogen-bond donors (Lipinski definition) is 1. The maximum Gasteiger partial charge on any atom is 0.184 e. The first-order valence-electron chi connectivity index (χ1n) is 6.04. The van der Waals surface area contributed by atoms with Crippen LogP contribution in [0.4, 0.5) is 5.69 Å². The van der Waals surface area contributed by atoms with E-state index in [2.05, 4.69) is 5.16 Å². The van der Waals surface area contributed by atoms with Crippen LogP contribution in [-0.4, -0.2) is 18.6 Å². The van der Waals surface area contributed by atoms with Crippen molar-refractivity contribution < 1.29 is 18.8 Å². The summed E-state index contributed by atoms with van der Waals surface area (Å²) in [6.07, 6.45) is 0.705. The van der Waals surface area contributed by atoms with Gasteiger partial charge in [0.15, 0.2) is 11.5 Å². The van der Waals surface area contributed by atoms with Crippen molar-refractivity contribution in [1.82, 2.24) is 5.16 Å². The molecular weight excluding hydrogens is 260 g/mol. The zero-order valence-corrected chi connectivity index (χ0v) is 11.6. The third-order valence-corrected chi connectivity index (χ3v) is 3.00. The monoisotopic (exact) mass is 276 g/mol. The number of carbonyl (C=O) groups is 1. The lowest BCUT2D eigenvalue weighted by atomic mass is 10.2. The van der Waals surface area contributed by atoms with E-state index in [0.717, 1.165) is 11.3 Å². The number of nitrogens with two attached hydrogens (primary N) is 1. The molecule has 2 rings (SSSR count). The molecule has 0 aliphatic heterocycles. The number of hydrogen-bond acceptors (Lipinski definition) is 6. The van der Waals surface area contributed by atoms with Crippen molar-refractivity contribution in [3.05, 3.63) is 34.7 Å². The third-order valence-electron chi connectivity index (χ3n) is 3.00. The van der Waals surface area contributed by atoms with Gasteiger partial charge in [-0.25, -0.2) is 0 Å². The molecule has 0 radical (unpaired) electrons. The molecule has 0 amide bonds. The second-order valence-electron chi connectivity index (χ2n) is 4.35. The summed E-state index contributed by atoms with van der Waals surface area (Å²) in [5.41, 5.74) is 8.30. The SMILES string of the molecule is COc1cc(C=O)cc(N)c1OCc1c(C)noc1C. The average Bonchev–Trinajstić information content (AvgIpc) is 2.76. The van der Waals surface area contributed by atoms with E-state index in [4.69, 9.17) is 19.7 Å². The van der Waals surface area contributed by atoms with Gasteiger partial charge in [-0.1, -0.05) is 5.16 Å². The number of nitrogens with zero attached hydrogens (tertiary/aromatic N) is 1. The standard InChI is InChI=1S/C14H16N2O4/c1-8-11(9(2)20-16-8)7-19-14-12(15)4-10(6-17)5-13(14)18-3/h4-6H,7,15H2,1-3H3. The van der Waals surface area contributed by atoms with Crippen LogP contribution in [0.1, 0.15) is 27.4 Å². The molecule has 1 aromatic heterocycles. The molecule has 0 bridgehead atoms. The van der Waals surface area contributed by atoms with E-state index < -0.39 is 0 Å². The summed E-state index contributed by atoms with van der Waals surface area (Å²) < 4.78 is 16.0. The summed E-state index contributed by atoms with van der Waals surface area (Å²) in [4.78, 5) is 10.8. The Morgan fingerprint density at radius 2 is 2.15 bits per heavy atom. The number of anilines is 1. The van der Waals surface area contributed by atoms with Crippen molar-refractivity contribution in [2.24, 2.45) is 0 Å². The highest BCUT2D eigenvalue weighted by molar-refractivity contribution is 5.80. The van der Waals surface area contributed by atoms with E-state index in [9.17, 15) is 4.79 Å². The Hall–Kier alpha value is -2.50. The Morgan fingerprint density at radius 1 is 1.40 bits per heavy atom. The van der Waals surface area contributed by atoms with E-state index >= 15 is 0 Å². The number of benzene rings is 1. The van der Waals surface area contributed by atoms with Crippen molar-refractivity contribution in [3.63, 3.8) is 0 Å². The highest BCUT2D eigenvalue weighted by atomic mass is 16.5. The number of nitrogen functional groups attached to an aromatic ring is 1. The quantitative estimate of drug-likeness (QED) is 0.665. The molecular formula is C14H16N2O4. The Bertz CT molecular complexity index is 615. The number of aldehydes is 1. The van der Waals surface area contributed by atoms with Crippen LogP contribution in [0.15, 0.2) is 16.7 Å².